The van der Waals surface area contributed by atoms with Crippen LogP contribution in [0, 0.1) is 6.92 Å². The minimum Gasteiger partial charge on any atom is -0.377 e. The van der Waals surface area contributed by atoms with E-state index < -0.39 is 8.07 Å². The zero-order valence-electron chi connectivity index (χ0n) is 23.7. The number of benzene rings is 3. The number of hydrogen-bond acceptors (Lipinski definition) is 1. The molecule has 0 radical (unpaired) electrons. The average Bonchev–Trinajstić information content (AvgIpc) is 2.87. The second kappa shape index (κ2) is 18.2. The second-order valence-corrected chi connectivity index (χ2v) is 14.5. The normalized spacial score (nSPS) is 10.1. The molecule has 0 spiro atoms. The zero-order chi connectivity index (χ0) is 26.0. The Morgan fingerprint density at radius 2 is 1.21 bits per heavy atom. The molecule has 0 atom stereocenters. The Hall–Kier alpha value is -2.16. The molecule has 0 heterocycles. The first-order valence-corrected chi connectivity index (χ1v) is 16.9. The fraction of sp³-hybridized carbons (Fsp3) is 0.438. The molecule has 0 aliphatic heterocycles. The Balaban J connectivity index is 0.00000168. The van der Waals surface area contributed by atoms with Crippen molar-refractivity contribution in [2.75, 3.05) is 6.61 Å². The molecule has 188 valence electrons. The first kappa shape index (κ1) is 31.8. The molecule has 3 aromatic carbocycles. The summed E-state index contributed by atoms with van der Waals surface area (Å²) in [7, 11) is -1.04. The summed E-state index contributed by atoms with van der Waals surface area (Å²) in [6.45, 7) is 22.9. The third-order valence-corrected chi connectivity index (χ3v) is 6.78. The first-order chi connectivity index (χ1) is 16.4. The molecule has 0 amide bonds. The van der Waals surface area contributed by atoms with E-state index in [1.807, 2.05) is 41.5 Å². The van der Waals surface area contributed by atoms with E-state index in [9.17, 15) is 0 Å². The second-order valence-electron chi connectivity index (χ2n) is 8.88. The van der Waals surface area contributed by atoms with Gasteiger partial charge >= 0.3 is 0 Å². The molecule has 2 heteroatoms. The summed E-state index contributed by atoms with van der Waals surface area (Å²) in [6.07, 6.45) is 0.946. The minimum atomic E-state index is -1.04. The largest absolute Gasteiger partial charge is 0.377 e. The van der Waals surface area contributed by atoms with Gasteiger partial charge in [0.25, 0.3) is 0 Å². The average molecular weight is 479 g/mol. The van der Waals surface area contributed by atoms with Crippen molar-refractivity contribution in [3.63, 3.8) is 0 Å². The molecule has 0 fully saturated rings. The van der Waals surface area contributed by atoms with Crippen LogP contribution in [0.15, 0.2) is 72.8 Å². The molecule has 0 aromatic heterocycles. The van der Waals surface area contributed by atoms with Crippen molar-refractivity contribution in [3.8, 4) is 11.1 Å². The van der Waals surface area contributed by atoms with Crippen molar-refractivity contribution < 1.29 is 4.74 Å². The lowest BCUT2D eigenvalue weighted by Crippen LogP contribution is -2.21. The highest BCUT2D eigenvalue weighted by molar-refractivity contribution is 6.76. The van der Waals surface area contributed by atoms with Gasteiger partial charge in [0.15, 0.2) is 0 Å². The molecular weight excluding hydrogens is 428 g/mol. The van der Waals surface area contributed by atoms with E-state index in [0.29, 0.717) is 6.61 Å². The monoisotopic (exact) mass is 478 g/mol. The number of ether oxygens (including phenoxy) is 1. The van der Waals surface area contributed by atoms with Crippen molar-refractivity contribution in [2.24, 2.45) is 0 Å². The van der Waals surface area contributed by atoms with Crippen LogP contribution in [-0.2, 0) is 17.8 Å². The Bertz CT molecular complexity index is 877. The van der Waals surface area contributed by atoms with Crippen LogP contribution in [0.5, 0.6) is 0 Å². The lowest BCUT2D eigenvalue weighted by molar-refractivity contribution is 0.132. The Labute approximate surface area is 212 Å². The van der Waals surface area contributed by atoms with Gasteiger partial charge in [-0.05, 0) is 47.2 Å². The van der Waals surface area contributed by atoms with Crippen molar-refractivity contribution in [3.05, 3.63) is 95.1 Å². The van der Waals surface area contributed by atoms with Crippen LogP contribution in [0.3, 0.4) is 0 Å². The van der Waals surface area contributed by atoms with Gasteiger partial charge in [-0.3, -0.25) is 0 Å². The number of hydrogen-bond donors (Lipinski definition) is 0. The SMILES string of the molecule is CC.CC.CC.Cc1ccc(Cc2ccc(-c3ccccc3)cc2)c(COCC[Si](C)(C)C)c1. The fourth-order valence-electron chi connectivity index (χ4n) is 3.29. The molecule has 1 nitrogen and oxygen atoms in total. The van der Waals surface area contributed by atoms with Gasteiger partial charge in [-0.25, -0.2) is 0 Å². The van der Waals surface area contributed by atoms with Gasteiger partial charge in [-0.1, -0.05) is 140 Å². The van der Waals surface area contributed by atoms with Crippen molar-refractivity contribution in [2.45, 2.75) is 87.2 Å². The fourth-order valence-corrected chi connectivity index (χ4v) is 4.04. The maximum atomic E-state index is 6.04. The van der Waals surface area contributed by atoms with Crippen LogP contribution < -0.4 is 0 Å². The van der Waals surface area contributed by atoms with E-state index in [0.717, 1.165) is 13.0 Å². The summed E-state index contributed by atoms with van der Waals surface area (Å²) in [5.74, 6) is 0. The topological polar surface area (TPSA) is 9.23 Å². The highest BCUT2D eigenvalue weighted by Crippen LogP contribution is 2.22. The van der Waals surface area contributed by atoms with Gasteiger partial charge < -0.3 is 4.74 Å². The Morgan fingerprint density at radius 3 is 1.76 bits per heavy atom. The summed E-state index contributed by atoms with van der Waals surface area (Å²) in [4.78, 5) is 0. The van der Waals surface area contributed by atoms with E-state index in [2.05, 4.69) is 99.4 Å². The van der Waals surface area contributed by atoms with E-state index in [1.165, 1.54) is 39.4 Å². The Morgan fingerprint density at radius 1 is 0.647 bits per heavy atom. The molecule has 0 N–H and O–H groups in total. The quantitative estimate of drug-likeness (QED) is 0.231. The highest BCUT2D eigenvalue weighted by Gasteiger charge is 2.12. The summed E-state index contributed by atoms with van der Waals surface area (Å²) in [6, 6.07) is 27.5. The van der Waals surface area contributed by atoms with Crippen molar-refractivity contribution in [1.82, 2.24) is 0 Å². The first-order valence-electron chi connectivity index (χ1n) is 13.2. The number of aryl methyl sites for hydroxylation is 1. The molecule has 3 rings (SSSR count). The molecule has 0 aliphatic carbocycles. The lowest BCUT2D eigenvalue weighted by atomic mass is 9.96. The van der Waals surface area contributed by atoms with Crippen LogP contribution in [0.4, 0.5) is 0 Å². The molecule has 0 saturated heterocycles. The summed E-state index contributed by atoms with van der Waals surface area (Å²) in [5, 5.41) is 0. The number of rotatable bonds is 8. The van der Waals surface area contributed by atoms with Crippen LogP contribution >= 0.6 is 0 Å². The van der Waals surface area contributed by atoms with Crippen LogP contribution in [0.25, 0.3) is 11.1 Å². The molecule has 0 saturated carbocycles. The highest BCUT2D eigenvalue weighted by atomic mass is 28.3. The third kappa shape index (κ3) is 12.3. The van der Waals surface area contributed by atoms with Crippen LogP contribution in [0.1, 0.15) is 63.8 Å². The maximum absolute atomic E-state index is 6.04. The van der Waals surface area contributed by atoms with Crippen molar-refractivity contribution >= 4 is 8.07 Å². The van der Waals surface area contributed by atoms with Crippen LogP contribution in [0.2, 0.25) is 25.7 Å². The van der Waals surface area contributed by atoms with E-state index in [-0.39, 0.29) is 0 Å². The predicted octanol–water partition coefficient (Wildman–Crippen LogP) is 10.2. The van der Waals surface area contributed by atoms with Gasteiger partial charge in [0.1, 0.15) is 0 Å². The summed E-state index contributed by atoms with van der Waals surface area (Å²) in [5.41, 5.74) is 7.86. The van der Waals surface area contributed by atoms with E-state index in [4.69, 9.17) is 4.74 Å². The van der Waals surface area contributed by atoms with Crippen molar-refractivity contribution in [1.29, 1.82) is 0 Å². The molecular formula is C32H50OSi. The van der Waals surface area contributed by atoms with E-state index in [1.54, 1.807) is 0 Å². The molecule has 34 heavy (non-hydrogen) atoms. The maximum Gasteiger partial charge on any atom is 0.0719 e. The standard InChI is InChI=1S/C26H32OSi.3C2H6/c1-21-10-13-25(26(18-21)20-27-16-17-28(2,3)4)19-22-11-14-24(15-12-22)23-8-6-5-7-9-23;3*1-2/h5-15,18H,16-17,19-20H2,1-4H3;3*1-2H3. The molecule has 0 bridgehead atoms. The predicted molar refractivity (Wildman–Crippen MR) is 158 cm³/mol. The molecule has 3 aromatic rings. The van der Waals surface area contributed by atoms with Gasteiger partial charge in [-0.15, -0.1) is 0 Å². The van der Waals surface area contributed by atoms with Gasteiger partial charge in [-0.2, -0.15) is 0 Å². The zero-order valence-corrected chi connectivity index (χ0v) is 24.7. The smallest absolute Gasteiger partial charge is 0.0719 e. The molecule has 0 unspecified atom stereocenters. The summed E-state index contributed by atoms with van der Waals surface area (Å²) >= 11 is 0. The minimum absolute atomic E-state index is 0.712. The molecule has 0 aliphatic rings. The van der Waals surface area contributed by atoms with Gasteiger partial charge in [0, 0.05) is 14.7 Å². The van der Waals surface area contributed by atoms with Crippen LogP contribution in [-0.4, -0.2) is 14.7 Å². The lowest BCUT2D eigenvalue weighted by Gasteiger charge is -2.16. The van der Waals surface area contributed by atoms with Gasteiger partial charge in [0.05, 0.1) is 6.61 Å². The van der Waals surface area contributed by atoms with Gasteiger partial charge in [0.2, 0.25) is 0 Å². The third-order valence-electron chi connectivity index (χ3n) is 5.07. The summed E-state index contributed by atoms with van der Waals surface area (Å²) < 4.78 is 6.04. The Kier molecular flexibility index (Phi) is 17.0. The van der Waals surface area contributed by atoms with E-state index >= 15 is 0 Å².